The van der Waals surface area contributed by atoms with Gasteiger partial charge >= 0.3 is 0 Å². The summed E-state index contributed by atoms with van der Waals surface area (Å²) in [5, 5.41) is 4.19. The lowest BCUT2D eigenvalue weighted by atomic mass is 9.89. The number of para-hydroxylation sites is 1. The lowest BCUT2D eigenvalue weighted by Crippen LogP contribution is -2.34. The third-order valence-electron chi connectivity index (χ3n) is 7.14. The summed E-state index contributed by atoms with van der Waals surface area (Å²) in [5.74, 6) is 1.96. The standard InChI is InChI=1S/C30H39N3O2/c1-3-4-16-35-28-13-9-8-12-26(28)23-14-15-27-24(18-23)19-25(29(31)33-27)17-21(2)30(34)32-20-22-10-6-5-7-11-22/h8-9,12-15,18-19,21-22H,3-7,10-11,16-17,20H2,1-2H3,(H2,31,33)(H,32,34). The van der Waals surface area contributed by atoms with Crippen LogP contribution in [0.15, 0.2) is 48.5 Å². The number of nitrogens with zero attached hydrogens (tertiary/aromatic N) is 1. The summed E-state index contributed by atoms with van der Waals surface area (Å²) in [5.41, 5.74) is 10.2. The molecule has 5 heteroatoms. The molecule has 5 nitrogen and oxygen atoms in total. The fourth-order valence-corrected chi connectivity index (χ4v) is 4.96. The van der Waals surface area contributed by atoms with Crippen molar-refractivity contribution in [3.05, 3.63) is 54.1 Å². The van der Waals surface area contributed by atoms with Gasteiger partial charge in [0.05, 0.1) is 12.1 Å². The van der Waals surface area contributed by atoms with E-state index in [1.165, 1.54) is 32.1 Å². The van der Waals surface area contributed by atoms with Crippen molar-refractivity contribution in [1.29, 1.82) is 0 Å². The van der Waals surface area contributed by atoms with Crippen LogP contribution in [-0.2, 0) is 11.2 Å². The molecule has 1 unspecified atom stereocenters. The second-order valence-corrected chi connectivity index (χ2v) is 9.99. The number of anilines is 1. The number of benzene rings is 2. The number of carbonyl (C=O) groups is 1. The molecule has 3 N–H and O–H groups in total. The molecule has 0 bridgehead atoms. The van der Waals surface area contributed by atoms with Gasteiger partial charge in [0.1, 0.15) is 11.6 Å². The number of hydrogen-bond donors (Lipinski definition) is 2. The number of amides is 1. The van der Waals surface area contributed by atoms with Crippen LogP contribution in [0.1, 0.15) is 64.4 Å². The Labute approximate surface area is 209 Å². The van der Waals surface area contributed by atoms with E-state index in [2.05, 4.69) is 41.5 Å². The van der Waals surface area contributed by atoms with E-state index in [-0.39, 0.29) is 11.8 Å². The molecule has 0 aliphatic heterocycles. The number of nitrogens with two attached hydrogens (primary N) is 1. The quantitative estimate of drug-likeness (QED) is 0.328. The molecule has 4 rings (SSSR count). The van der Waals surface area contributed by atoms with Gasteiger partial charge in [0.15, 0.2) is 0 Å². The third-order valence-corrected chi connectivity index (χ3v) is 7.14. The largest absolute Gasteiger partial charge is 0.493 e. The molecule has 1 saturated carbocycles. The molecule has 1 fully saturated rings. The van der Waals surface area contributed by atoms with Gasteiger partial charge < -0.3 is 15.8 Å². The van der Waals surface area contributed by atoms with Crippen LogP contribution in [0.3, 0.4) is 0 Å². The molecular weight excluding hydrogens is 434 g/mol. The molecule has 0 radical (unpaired) electrons. The maximum atomic E-state index is 12.8. The van der Waals surface area contributed by atoms with Crippen LogP contribution < -0.4 is 15.8 Å². The maximum Gasteiger partial charge on any atom is 0.223 e. The molecule has 1 amide bonds. The molecule has 0 saturated heterocycles. The van der Waals surface area contributed by atoms with Crippen molar-refractivity contribution in [3.8, 4) is 16.9 Å². The van der Waals surface area contributed by atoms with Crippen LogP contribution in [0.25, 0.3) is 22.0 Å². The van der Waals surface area contributed by atoms with Gasteiger partial charge in [0.2, 0.25) is 5.91 Å². The first-order valence-corrected chi connectivity index (χ1v) is 13.2. The van der Waals surface area contributed by atoms with Crippen molar-refractivity contribution in [3.63, 3.8) is 0 Å². The summed E-state index contributed by atoms with van der Waals surface area (Å²) in [4.78, 5) is 17.4. The van der Waals surface area contributed by atoms with Crippen molar-refractivity contribution in [2.45, 2.75) is 65.2 Å². The first-order chi connectivity index (χ1) is 17.0. The smallest absolute Gasteiger partial charge is 0.223 e. The predicted molar refractivity (Wildman–Crippen MR) is 144 cm³/mol. The van der Waals surface area contributed by atoms with Crippen LogP contribution in [0.2, 0.25) is 0 Å². The maximum absolute atomic E-state index is 12.8. The number of ether oxygens (including phenoxy) is 1. The van der Waals surface area contributed by atoms with Crippen LogP contribution in [0.4, 0.5) is 5.82 Å². The van der Waals surface area contributed by atoms with Gasteiger partial charge in [0.25, 0.3) is 0 Å². The highest BCUT2D eigenvalue weighted by Crippen LogP contribution is 2.33. The zero-order chi connectivity index (χ0) is 24.6. The summed E-state index contributed by atoms with van der Waals surface area (Å²) >= 11 is 0. The number of pyridine rings is 1. The Morgan fingerprint density at radius 3 is 2.74 bits per heavy atom. The van der Waals surface area contributed by atoms with Gasteiger partial charge in [-0.2, -0.15) is 0 Å². The van der Waals surface area contributed by atoms with Crippen molar-refractivity contribution < 1.29 is 9.53 Å². The highest BCUT2D eigenvalue weighted by atomic mass is 16.5. The van der Waals surface area contributed by atoms with Gasteiger partial charge in [-0.05, 0) is 67.0 Å². The van der Waals surface area contributed by atoms with Crippen LogP contribution in [0, 0.1) is 11.8 Å². The highest BCUT2D eigenvalue weighted by molar-refractivity contribution is 5.88. The number of unbranched alkanes of at least 4 members (excludes halogenated alkanes) is 1. The van der Waals surface area contributed by atoms with E-state index in [0.29, 0.717) is 24.8 Å². The minimum atomic E-state index is -0.156. The molecule has 1 aliphatic carbocycles. The lowest BCUT2D eigenvalue weighted by molar-refractivity contribution is -0.124. The molecule has 35 heavy (non-hydrogen) atoms. The van der Waals surface area contributed by atoms with E-state index < -0.39 is 0 Å². The van der Waals surface area contributed by atoms with E-state index in [1.54, 1.807) is 0 Å². The van der Waals surface area contributed by atoms with E-state index in [1.807, 2.05) is 31.2 Å². The van der Waals surface area contributed by atoms with Crippen molar-refractivity contribution in [2.24, 2.45) is 11.8 Å². The average molecular weight is 474 g/mol. The van der Waals surface area contributed by atoms with Crippen LogP contribution >= 0.6 is 0 Å². The Morgan fingerprint density at radius 2 is 1.94 bits per heavy atom. The van der Waals surface area contributed by atoms with Gasteiger partial charge in [0, 0.05) is 23.4 Å². The average Bonchev–Trinajstić information content (AvgIpc) is 2.88. The Hall–Kier alpha value is -3.08. The summed E-state index contributed by atoms with van der Waals surface area (Å²) in [6.07, 6.45) is 9.06. The molecule has 1 heterocycles. The van der Waals surface area contributed by atoms with E-state index in [0.717, 1.165) is 52.7 Å². The summed E-state index contributed by atoms with van der Waals surface area (Å²) < 4.78 is 6.05. The first kappa shape index (κ1) is 25.0. The Balaban J connectivity index is 1.49. The summed E-state index contributed by atoms with van der Waals surface area (Å²) in [6, 6.07) is 16.5. The lowest BCUT2D eigenvalue weighted by Gasteiger charge is -2.22. The topological polar surface area (TPSA) is 77.2 Å². The Kier molecular flexibility index (Phi) is 8.62. The first-order valence-electron chi connectivity index (χ1n) is 13.2. The normalized spacial score (nSPS) is 15.1. The van der Waals surface area contributed by atoms with E-state index in [4.69, 9.17) is 10.5 Å². The Bertz CT molecular complexity index is 1140. The monoisotopic (exact) mass is 473 g/mol. The van der Waals surface area contributed by atoms with Crippen LogP contribution in [0.5, 0.6) is 5.75 Å². The second kappa shape index (κ2) is 12.1. The minimum Gasteiger partial charge on any atom is -0.493 e. The SMILES string of the molecule is CCCCOc1ccccc1-c1ccc2nc(N)c(CC(C)C(=O)NCC3CCCCC3)cc2c1. The number of hydrogen-bond acceptors (Lipinski definition) is 4. The zero-order valence-corrected chi connectivity index (χ0v) is 21.2. The minimum absolute atomic E-state index is 0.0991. The molecular formula is C30H39N3O2. The summed E-state index contributed by atoms with van der Waals surface area (Å²) in [7, 11) is 0. The van der Waals surface area contributed by atoms with E-state index >= 15 is 0 Å². The predicted octanol–water partition coefficient (Wildman–Crippen LogP) is 6.54. The number of rotatable bonds is 10. The van der Waals surface area contributed by atoms with Crippen molar-refractivity contribution in [2.75, 3.05) is 18.9 Å². The second-order valence-electron chi connectivity index (χ2n) is 9.99. The molecule has 1 aromatic heterocycles. The zero-order valence-electron chi connectivity index (χ0n) is 21.2. The number of carbonyl (C=O) groups excluding carboxylic acids is 1. The molecule has 1 aliphatic rings. The highest BCUT2D eigenvalue weighted by Gasteiger charge is 2.19. The number of aromatic nitrogens is 1. The molecule has 0 spiro atoms. The van der Waals surface area contributed by atoms with Gasteiger partial charge in [-0.1, -0.05) is 63.8 Å². The number of nitrogen functional groups attached to an aromatic ring is 1. The third kappa shape index (κ3) is 6.53. The Morgan fingerprint density at radius 1 is 1.14 bits per heavy atom. The summed E-state index contributed by atoms with van der Waals surface area (Å²) in [6.45, 7) is 5.64. The van der Waals surface area contributed by atoms with Gasteiger partial charge in [-0.25, -0.2) is 4.98 Å². The molecule has 1 atom stereocenters. The van der Waals surface area contributed by atoms with Gasteiger partial charge in [-0.3, -0.25) is 4.79 Å². The van der Waals surface area contributed by atoms with Crippen molar-refractivity contribution >= 4 is 22.6 Å². The molecule has 2 aromatic carbocycles. The fourth-order valence-electron chi connectivity index (χ4n) is 4.96. The number of fused-ring (bicyclic) bond motifs is 1. The molecule has 3 aromatic rings. The fraction of sp³-hybridized carbons (Fsp3) is 0.467. The molecule has 186 valence electrons. The van der Waals surface area contributed by atoms with Crippen LogP contribution in [-0.4, -0.2) is 24.0 Å². The number of nitrogens with one attached hydrogen (secondary N) is 1. The van der Waals surface area contributed by atoms with E-state index in [9.17, 15) is 4.79 Å². The van der Waals surface area contributed by atoms with Gasteiger partial charge in [-0.15, -0.1) is 0 Å². The van der Waals surface area contributed by atoms with Crippen molar-refractivity contribution in [1.82, 2.24) is 10.3 Å².